The highest BCUT2D eigenvalue weighted by Crippen LogP contribution is 2.09. The molecular weight excluding hydrogens is 292 g/mol. The molecule has 1 aromatic rings. The van der Waals surface area contributed by atoms with Gasteiger partial charge in [0.1, 0.15) is 0 Å². The third kappa shape index (κ3) is 6.30. The van der Waals surface area contributed by atoms with Crippen molar-refractivity contribution in [1.82, 2.24) is 25.3 Å². The number of carbonyl (C=O) groups excluding carboxylic acids is 1. The molecule has 2 N–H and O–H groups in total. The van der Waals surface area contributed by atoms with Gasteiger partial charge in [-0.25, -0.2) is 0 Å². The Kier molecular flexibility index (Phi) is 7.42. The molecule has 0 spiro atoms. The number of nitrogens with one attached hydrogen (secondary N) is 2. The lowest BCUT2D eigenvalue weighted by molar-refractivity contribution is -0.127. The molecular formula is C16H28N6O. The maximum Gasteiger partial charge on any atom is 0.222 e. The number of carbonyl (C=O) groups is 1. The van der Waals surface area contributed by atoms with Gasteiger partial charge in [0.25, 0.3) is 0 Å². The van der Waals surface area contributed by atoms with Crippen LogP contribution in [0.25, 0.3) is 0 Å². The maximum absolute atomic E-state index is 11.5. The van der Waals surface area contributed by atoms with E-state index in [0.29, 0.717) is 6.42 Å². The normalized spacial score (nSPS) is 15.3. The van der Waals surface area contributed by atoms with Gasteiger partial charge in [-0.05, 0) is 32.3 Å². The fraction of sp³-hybridized carbons (Fsp3) is 0.688. The average molecular weight is 320 g/mol. The summed E-state index contributed by atoms with van der Waals surface area (Å²) in [6, 6.07) is 1.93. The summed E-state index contributed by atoms with van der Waals surface area (Å²) >= 11 is 0. The molecule has 1 saturated heterocycles. The van der Waals surface area contributed by atoms with E-state index in [2.05, 4.69) is 27.6 Å². The Morgan fingerprint density at radius 2 is 2.26 bits per heavy atom. The largest absolute Gasteiger partial charge is 0.357 e. The summed E-state index contributed by atoms with van der Waals surface area (Å²) in [6.45, 7) is 7.12. The van der Waals surface area contributed by atoms with Crippen molar-refractivity contribution in [2.75, 3.05) is 32.7 Å². The molecule has 0 unspecified atom stereocenters. The molecule has 1 amide bonds. The molecule has 7 nitrogen and oxygen atoms in total. The van der Waals surface area contributed by atoms with Crippen molar-refractivity contribution in [3.05, 3.63) is 18.5 Å². The molecule has 7 heteroatoms. The lowest BCUT2D eigenvalue weighted by atomic mass is 10.4. The van der Waals surface area contributed by atoms with E-state index in [0.717, 1.165) is 64.5 Å². The molecule has 0 saturated carbocycles. The molecule has 23 heavy (non-hydrogen) atoms. The van der Waals surface area contributed by atoms with Gasteiger partial charge in [0.15, 0.2) is 5.96 Å². The van der Waals surface area contributed by atoms with Crippen LogP contribution in [0.1, 0.15) is 32.6 Å². The predicted molar refractivity (Wildman–Crippen MR) is 91.3 cm³/mol. The van der Waals surface area contributed by atoms with Crippen LogP contribution in [0.4, 0.5) is 0 Å². The number of hydrogen-bond donors (Lipinski definition) is 2. The first-order valence-corrected chi connectivity index (χ1v) is 8.57. The molecule has 1 aliphatic rings. The van der Waals surface area contributed by atoms with Crippen molar-refractivity contribution in [1.29, 1.82) is 0 Å². The summed E-state index contributed by atoms with van der Waals surface area (Å²) < 4.78 is 1.93. The van der Waals surface area contributed by atoms with Crippen LogP contribution in [0, 0.1) is 0 Å². The third-order valence-corrected chi connectivity index (χ3v) is 3.79. The smallest absolute Gasteiger partial charge is 0.222 e. The number of aliphatic imine (C=N–C) groups is 1. The van der Waals surface area contributed by atoms with Gasteiger partial charge < -0.3 is 15.5 Å². The summed E-state index contributed by atoms with van der Waals surface area (Å²) in [5.41, 5.74) is 0. The number of nitrogens with zero attached hydrogens (tertiary/aromatic N) is 4. The van der Waals surface area contributed by atoms with E-state index in [1.165, 1.54) is 0 Å². The number of guanidine groups is 1. The summed E-state index contributed by atoms with van der Waals surface area (Å²) in [5.74, 6) is 1.14. The highest BCUT2D eigenvalue weighted by molar-refractivity contribution is 5.79. The second-order valence-electron chi connectivity index (χ2n) is 5.65. The summed E-state index contributed by atoms with van der Waals surface area (Å²) in [5, 5.41) is 10.8. The molecule has 0 radical (unpaired) electrons. The molecule has 2 rings (SSSR count). The Labute approximate surface area is 138 Å². The predicted octanol–water partition coefficient (Wildman–Crippen LogP) is 0.841. The molecule has 128 valence electrons. The fourth-order valence-electron chi connectivity index (χ4n) is 2.62. The fourth-order valence-corrected chi connectivity index (χ4v) is 2.62. The minimum Gasteiger partial charge on any atom is -0.357 e. The Morgan fingerprint density at radius 3 is 2.96 bits per heavy atom. The van der Waals surface area contributed by atoms with E-state index < -0.39 is 0 Å². The lowest BCUT2D eigenvalue weighted by Gasteiger charge is -2.15. The first-order chi connectivity index (χ1) is 11.3. The Balaban J connectivity index is 1.62. The quantitative estimate of drug-likeness (QED) is 0.402. The first kappa shape index (κ1) is 17.3. The second kappa shape index (κ2) is 9.86. The highest BCUT2D eigenvalue weighted by Gasteiger charge is 2.18. The highest BCUT2D eigenvalue weighted by atomic mass is 16.2. The number of likely N-dealkylation sites (tertiary alicyclic amines) is 1. The van der Waals surface area contributed by atoms with Gasteiger partial charge in [0.05, 0.1) is 0 Å². The van der Waals surface area contributed by atoms with E-state index in [-0.39, 0.29) is 5.91 Å². The van der Waals surface area contributed by atoms with Crippen molar-refractivity contribution < 1.29 is 4.79 Å². The van der Waals surface area contributed by atoms with Gasteiger partial charge in [-0.2, -0.15) is 5.10 Å². The van der Waals surface area contributed by atoms with Gasteiger partial charge in [-0.3, -0.25) is 14.5 Å². The van der Waals surface area contributed by atoms with E-state index in [9.17, 15) is 4.79 Å². The minimum absolute atomic E-state index is 0.289. The Morgan fingerprint density at radius 1 is 1.35 bits per heavy atom. The molecule has 1 fully saturated rings. The van der Waals surface area contributed by atoms with Gasteiger partial charge in [-0.1, -0.05) is 0 Å². The second-order valence-corrected chi connectivity index (χ2v) is 5.65. The van der Waals surface area contributed by atoms with Crippen molar-refractivity contribution in [3.8, 4) is 0 Å². The van der Waals surface area contributed by atoms with E-state index in [1.54, 1.807) is 6.20 Å². The van der Waals surface area contributed by atoms with E-state index in [4.69, 9.17) is 0 Å². The van der Waals surface area contributed by atoms with Crippen LogP contribution in [-0.4, -0.2) is 59.3 Å². The lowest BCUT2D eigenvalue weighted by Crippen LogP contribution is -2.38. The molecule has 0 atom stereocenters. The summed E-state index contributed by atoms with van der Waals surface area (Å²) in [7, 11) is 0. The van der Waals surface area contributed by atoms with Crippen LogP contribution in [0.5, 0.6) is 0 Å². The van der Waals surface area contributed by atoms with Gasteiger partial charge in [0.2, 0.25) is 5.91 Å². The van der Waals surface area contributed by atoms with Crippen LogP contribution in [0.15, 0.2) is 23.5 Å². The zero-order valence-electron chi connectivity index (χ0n) is 14.0. The minimum atomic E-state index is 0.289. The van der Waals surface area contributed by atoms with Crippen molar-refractivity contribution in [2.45, 2.75) is 39.2 Å². The summed E-state index contributed by atoms with van der Waals surface area (Å²) in [4.78, 5) is 18.0. The number of hydrogen-bond acceptors (Lipinski definition) is 3. The zero-order chi connectivity index (χ0) is 16.3. The zero-order valence-corrected chi connectivity index (χ0v) is 14.0. The third-order valence-electron chi connectivity index (χ3n) is 3.79. The Hall–Kier alpha value is -2.05. The van der Waals surface area contributed by atoms with Crippen LogP contribution < -0.4 is 10.6 Å². The Bertz CT molecular complexity index is 485. The molecule has 0 bridgehead atoms. The average Bonchev–Trinajstić information content (AvgIpc) is 3.20. The van der Waals surface area contributed by atoms with Crippen LogP contribution in [0.3, 0.4) is 0 Å². The first-order valence-electron chi connectivity index (χ1n) is 8.57. The summed E-state index contributed by atoms with van der Waals surface area (Å²) in [6.07, 6.45) is 7.39. The number of aromatic nitrogens is 2. The van der Waals surface area contributed by atoms with E-state index >= 15 is 0 Å². The monoisotopic (exact) mass is 320 g/mol. The van der Waals surface area contributed by atoms with E-state index in [1.807, 2.05) is 21.8 Å². The topological polar surface area (TPSA) is 74.6 Å². The molecule has 2 heterocycles. The molecule has 1 aromatic heterocycles. The van der Waals surface area contributed by atoms with Gasteiger partial charge >= 0.3 is 0 Å². The number of aryl methyl sites for hydroxylation is 1. The molecule has 0 aromatic carbocycles. The van der Waals surface area contributed by atoms with Gasteiger partial charge in [-0.15, -0.1) is 0 Å². The maximum atomic E-state index is 11.5. The number of rotatable bonds is 9. The van der Waals surface area contributed by atoms with Gasteiger partial charge in [0, 0.05) is 58.1 Å². The van der Waals surface area contributed by atoms with Crippen molar-refractivity contribution in [3.63, 3.8) is 0 Å². The number of amides is 1. The van der Waals surface area contributed by atoms with Crippen molar-refractivity contribution in [2.24, 2.45) is 4.99 Å². The van der Waals surface area contributed by atoms with Crippen LogP contribution >= 0.6 is 0 Å². The van der Waals surface area contributed by atoms with Crippen LogP contribution in [0.2, 0.25) is 0 Å². The SMILES string of the molecule is CCNC(=NCCCN1CCCC1=O)NCCCn1cccn1. The molecule has 0 aliphatic carbocycles. The molecule has 1 aliphatic heterocycles. The van der Waals surface area contributed by atoms with Crippen molar-refractivity contribution >= 4 is 11.9 Å². The standard InChI is InChI=1S/C16H28N6O/c1-2-17-16(19-9-5-13-22-14-6-10-20-22)18-8-4-12-21-11-3-7-15(21)23/h6,10,14H,2-5,7-9,11-13H2,1H3,(H2,17,18,19). The van der Waals surface area contributed by atoms with Crippen LogP contribution in [-0.2, 0) is 11.3 Å².